The van der Waals surface area contributed by atoms with Crippen molar-refractivity contribution >= 4 is 17.8 Å². The summed E-state index contributed by atoms with van der Waals surface area (Å²) in [4.78, 5) is 18.4. The van der Waals surface area contributed by atoms with Crippen LogP contribution in [0.3, 0.4) is 0 Å². The molecule has 0 spiro atoms. The van der Waals surface area contributed by atoms with E-state index in [1.54, 1.807) is 0 Å². The van der Waals surface area contributed by atoms with Gasteiger partial charge >= 0.3 is 0 Å². The number of rotatable bonds is 4. The molecule has 0 radical (unpaired) electrons. The monoisotopic (exact) mass is 276 g/mol. The van der Waals surface area contributed by atoms with Crippen molar-refractivity contribution in [2.24, 2.45) is 0 Å². The molecule has 0 atom stereocenters. The van der Waals surface area contributed by atoms with Crippen LogP contribution in [0.4, 0.5) is 17.8 Å². The Hall–Kier alpha value is -1.59. The van der Waals surface area contributed by atoms with Crippen LogP contribution >= 0.6 is 0 Å². The normalized spacial score (nSPS) is 19.1. The summed E-state index contributed by atoms with van der Waals surface area (Å²) in [6.07, 6.45) is 4.94. The van der Waals surface area contributed by atoms with E-state index in [4.69, 9.17) is 4.98 Å². The maximum absolute atomic E-state index is 4.69. The molecule has 2 fully saturated rings. The molecule has 1 aromatic heterocycles. The molecule has 110 valence electrons. The SMILES string of the molecule is CC(C)Nc1nc(N2CCCC2)nc(N2CCCC2)n1. The molecule has 6 nitrogen and oxygen atoms in total. The molecular weight excluding hydrogens is 252 g/mol. The smallest absolute Gasteiger partial charge is 0.231 e. The predicted molar refractivity (Wildman–Crippen MR) is 81.5 cm³/mol. The Morgan fingerprint density at radius 2 is 1.25 bits per heavy atom. The molecule has 0 aromatic carbocycles. The van der Waals surface area contributed by atoms with Crippen LogP contribution in [-0.4, -0.2) is 47.2 Å². The third-order valence-electron chi connectivity index (χ3n) is 3.81. The van der Waals surface area contributed by atoms with E-state index in [1.165, 1.54) is 25.7 Å². The van der Waals surface area contributed by atoms with Crippen LogP contribution in [0.25, 0.3) is 0 Å². The van der Waals surface area contributed by atoms with E-state index in [9.17, 15) is 0 Å². The van der Waals surface area contributed by atoms with E-state index in [1.807, 2.05) is 0 Å². The van der Waals surface area contributed by atoms with Gasteiger partial charge in [-0.15, -0.1) is 0 Å². The molecule has 3 rings (SSSR count). The quantitative estimate of drug-likeness (QED) is 0.906. The van der Waals surface area contributed by atoms with Gasteiger partial charge in [0.05, 0.1) is 0 Å². The van der Waals surface area contributed by atoms with E-state index in [0.717, 1.165) is 38.1 Å². The number of hydrogen-bond acceptors (Lipinski definition) is 6. The largest absolute Gasteiger partial charge is 0.352 e. The Balaban J connectivity index is 1.89. The van der Waals surface area contributed by atoms with E-state index >= 15 is 0 Å². The van der Waals surface area contributed by atoms with Crippen molar-refractivity contribution in [3.8, 4) is 0 Å². The van der Waals surface area contributed by atoms with Gasteiger partial charge in [0.15, 0.2) is 0 Å². The average molecular weight is 276 g/mol. The van der Waals surface area contributed by atoms with Gasteiger partial charge in [-0.2, -0.15) is 15.0 Å². The van der Waals surface area contributed by atoms with Crippen molar-refractivity contribution in [3.05, 3.63) is 0 Å². The van der Waals surface area contributed by atoms with E-state index < -0.39 is 0 Å². The molecule has 0 unspecified atom stereocenters. The lowest BCUT2D eigenvalue weighted by Gasteiger charge is -2.21. The summed E-state index contributed by atoms with van der Waals surface area (Å²) in [5.74, 6) is 2.38. The summed E-state index contributed by atoms with van der Waals surface area (Å²) in [5, 5.41) is 3.32. The Kier molecular flexibility index (Phi) is 3.89. The van der Waals surface area contributed by atoms with Crippen molar-refractivity contribution in [1.29, 1.82) is 0 Å². The fraction of sp³-hybridized carbons (Fsp3) is 0.786. The standard InChI is InChI=1S/C14H24N6/c1-11(2)15-12-16-13(19-7-3-4-8-19)18-14(17-12)20-9-5-6-10-20/h11H,3-10H2,1-2H3,(H,15,16,17,18). The van der Waals surface area contributed by atoms with Gasteiger partial charge in [0.1, 0.15) is 0 Å². The summed E-state index contributed by atoms with van der Waals surface area (Å²) < 4.78 is 0. The second-order valence-corrected chi connectivity index (χ2v) is 5.95. The van der Waals surface area contributed by atoms with Crippen molar-refractivity contribution in [3.63, 3.8) is 0 Å². The summed E-state index contributed by atoms with van der Waals surface area (Å²) in [6, 6.07) is 0.329. The molecule has 20 heavy (non-hydrogen) atoms. The summed E-state index contributed by atoms with van der Waals surface area (Å²) in [7, 11) is 0. The first-order valence-electron chi connectivity index (χ1n) is 7.75. The lowest BCUT2D eigenvalue weighted by Crippen LogP contribution is -2.26. The van der Waals surface area contributed by atoms with Crippen LogP contribution in [0.5, 0.6) is 0 Å². The maximum atomic E-state index is 4.69. The number of anilines is 3. The molecule has 0 amide bonds. The number of nitrogens with zero attached hydrogens (tertiary/aromatic N) is 5. The van der Waals surface area contributed by atoms with Crippen molar-refractivity contribution in [2.75, 3.05) is 41.3 Å². The van der Waals surface area contributed by atoms with Gasteiger partial charge in [0.25, 0.3) is 0 Å². The van der Waals surface area contributed by atoms with Crippen LogP contribution in [0.1, 0.15) is 39.5 Å². The van der Waals surface area contributed by atoms with Gasteiger partial charge in [-0.05, 0) is 39.5 Å². The average Bonchev–Trinajstić information content (AvgIpc) is 3.11. The summed E-state index contributed by atoms with van der Waals surface area (Å²) in [6.45, 7) is 8.45. The van der Waals surface area contributed by atoms with Crippen molar-refractivity contribution < 1.29 is 0 Å². The second-order valence-electron chi connectivity index (χ2n) is 5.95. The third-order valence-corrected chi connectivity index (χ3v) is 3.81. The first-order valence-corrected chi connectivity index (χ1v) is 7.75. The molecule has 3 heterocycles. The highest BCUT2D eigenvalue weighted by atomic mass is 15.4. The molecule has 0 saturated carbocycles. The maximum Gasteiger partial charge on any atom is 0.231 e. The van der Waals surface area contributed by atoms with Gasteiger partial charge < -0.3 is 15.1 Å². The number of nitrogens with one attached hydrogen (secondary N) is 1. The molecule has 2 saturated heterocycles. The fourth-order valence-corrected chi connectivity index (χ4v) is 2.79. The highest BCUT2D eigenvalue weighted by molar-refractivity contribution is 5.46. The molecule has 0 aliphatic carbocycles. The Morgan fingerprint density at radius 3 is 1.65 bits per heavy atom. The minimum atomic E-state index is 0.329. The van der Waals surface area contributed by atoms with E-state index in [2.05, 4.69) is 38.9 Å². The zero-order valence-electron chi connectivity index (χ0n) is 12.5. The van der Waals surface area contributed by atoms with Gasteiger partial charge in [0.2, 0.25) is 17.8 Å². The zero-order chi connectivity index (χ0) is 13.9. The van der Waals surface area contributed by atoms with Gasteiger partial charge in [0, 0.05) is 32.2 Å². The molecule has 2 aliphatic rings. The number of hydrogen-bond donors (Lipinski definition) is 1. The van der Waals surface area contributed by atoms with Crippen LogP contribution in [0.15, 0.2) is 0 Å². The van der Waals surface area contributed by atoms with Crippen LogP contribution < -0.4 is 15.1 Å². The predicted octanol–water partition coefficient (Wildman–Crippen LogP) is 1.89. The fourth-order valence-electron chi connectivity index (χ4n) is 2.79. The first-order chi connectivity index (χ1) is 9.72. The minimum absolute atomic E-state index is 0.329. The first kappa shape index (κ1) is 13.4. The topological polar surface area (TPSA) is 57.2 Å². The number of aromatic nitrogens is 3. The molecular formula is C14H24N6. The molecule has 0 bridgehead atoms. The third kappa shape index (κ3) is 2.94. The second kappa shape index (κ2) is 5.81. The zero-order valence-corrected chi connectivity index (χ0v) is 12.5. The van der Waals surface area contributed by atoms with Crippen molar-refractivity contribution in [1.82, 2.24) is 15.0 Å². The van der Waals surface area contributed by atoms with Gasteiger partial charge in [-0.1, -0.05) is 0 Å². The summed E-state index contributed by atoms with van der Waals surface area (Å²) in [5.41, 5.74) is 0. The van der Waals surface area contributed by atoms with E-state index in [-0.39, 0.29) is 0 Å². The highest BCUT2D eigenvalue weighted by Crippen LogP contribution is 2.22. The molecule has 1 N–H and O–H groups in total. The van der Waals surface area contributed by atoms with Crippen LogP contribution in [-0.2, 0) is 0 Å². The molecule has 1 aromatic rings. The van der Waals surface area contributed by atoms with Crippen LogP contribution in [0, 0.1) is 0 Å². The van der Waals surface area contributed by atoms with Crippen LogP contribution in [0.2, 0.25) is 0 Å². The summed E-state index contributed by atoms with van der Waals surface area (Å²) >= 11 is 0. The van der Waals surface area contributed by atoms with Crippen molar-refractivity contribution in [2.45, 2.75) is 45.6 Å². The molecule has 2 aliphatic heterocycles. The van der Waals surface area contributed by atoms with Gasteiger partial charge in [-0.25, -0.2) is 0 Å². The molecule has 6 heteroatoms. The Labute approximate surface area is 120 Å². The lowest BCUT2D eigenvalue weighted by atomic mass is 10.4. The minimum Gasteiger partial charge on any atom is -0.352 e. The van der Waals surface area contributed by atoms with Gasteiger partial charge in [-0.3, -0.25) is 0 Å². The highest BCUT2D eigenvalue weighted by Gasteiger charge is 2.21. The Bertz CT molecular complexity index is 415. The Morgan fingerprint density at radius 1 is 0.800 bits per heavy atom. The van der Waals surface area contributed by atoms with E-state index in [0.29, 0.717) is 12.0 Å². The lowest BCUT2D eigenvalue weighted by molar-refractivity contribution is 0.817.